The van der Waals surface area contributed by atoms with Gasteiger partial charge in [-0.15, -0.1) is 11.3 Å². The van der Waals surface area contributed by atoms with Crippen LogP contribution in [0, 0.1) is 0 Å². The summed E-state index contributed by atoms with van der Waals surface area (Å²) in [5.41, 5.74) is 2.17. The molecule has 32 heavy (non-hydrogen) atoms. The van der Waals surface area contributed by atoms with Gasteiger partial charge in [0.25, 0.3) is 10.0 Å². The number of amides is 2. The third-order valence-electron chi connectivity index (χ3n) is 5.01. The van der Waals surface area contributed by atoms with Gasteiger partial charge in [0.05, 0.1) is 12.8 Å². The van der Waals surface area contributed by atoms with Crippen LogP contribution >= 0.6 is 11.3 Å². The molecule has 0 unspecified atom stereocenters. The third-order valence-corrected chi connectivity index (χ3v) is 8.20. The van der Waals surface area contributed by atoms with E-state index in [2.05, 4.69) is 10.6 Å². The number of ether oxygens (including phenoxy) is 1. The number of hydrogen-bond acceptors (Lipinski definition) is 6. The molecular weight excluding hydrogens is 450 g/mol. The maximum absolute atomic E-state index is 13.1. The number of anilines is 3. The van der Waals surface area contributed by atoms with Crippen LogP contribution in [0.15, 0.2) is 64.2 Å². The highest BCUT2D eigenvalue weighted by atomic mass is 32.2. The molecule has 1 aliphatic heterocycles. The summed E-state index contributed by atoms with van der Waals surface area (Å²) in [6, 6.07) is 14.9. The van der Waals surface area contributed by atoms with Crippen molar-refractivity contribution >= 4 is 50.2 Å². The second kappa shape index (κ2) is 9.01. The third kappa shape index (κ3) is 4.46. The van der Waals surface area contributed by atoms with Crippen LogP contribution in [-0.2, 0) is 26.0 Å². The molecule has 166 valence electrons. The molecule has 0 atom stereocenters. The predicted octanol–water partition coefficient (Wildman–Crippen LogP) is 3.48. The molecule has 0 spiro atoms. The van der Waals surface area contributed by atoms with Crippen molar-refractivity contribution in [2.45, 2.75) is 17.1 Å². The zero-order valence-electron chi connectivity index (χ0n) is 17.2. The molecule has 3 aromatic rings. The molecule has 4 rings (SSSR count). The topological polar surface area (TPSA) is 105 Å². The van der Waals surface area contributed by atoms with Gasteiger partial charge in [0, 0.05) is 17.9 Å². The lowest BCUT2D eigenvalue weighted by molar-refractivity contribution is -0.132. The van der Waals surface area contributed by atoms with Crippen LogP contribution in [0.1, 0.15) is 12.0 Å². The van der Waals surface area contributed by atoms with Gasteiger partial charge in [0.15, 0.2) is 0 Å². The average molecular weight is 472 g/mol. The van der Waals surface area contributed by atoms with Crippen LogP contribution in [-0.4, -0.2) is 33.9 Å². The number of carbonyl (C=O) groups excluding carboxylic acids is 2. The number of nitrogens with zero attached hydrogens (tertiary/aromatic N) is 1. The van der Waals surface area contributed by atoms with Crippen molar-refractivity contribution in [2.75, 3.05) is 28.6 Å². The summed E-state index contributed by atoms with van der Waals surface area (Å²) < 4.78 is 32.8. The standard InChI is InChI=1S/C22H21N3O5S2/c1-30-18-10-8-16(9-11-18)23-21(26)22(27)24-17-7-6-15-4-2-12-25(19(15)14-17)32(28,29)20-5-3-13-31-20/h3,5-11,13-14H,2,4,12H2,1H3,(H,23,26)(H,24,27). The quantitative estimate of drug-likeness (QED) is 0.555. The molecule has 0 aliphatic carbocycles. The van der Waals surface area contributed by atoms with Crippen molar-refractivity contribution in [3.8, 4) is 5.75 Å². The molecule has 1 aromatic heterocycles. The summed E-state index contributed by atoms with van der Waals surface area (Å²) in [5.74, 6) is -1.07. The smallest absolute Gasteiger partial charge is 0.314 e. The van der Waals surface area contributed by atoms with Gasteiger partial charge in [0.1, 0.15) is 9.96 Å². The molecule has 0 fully saturated rings. The first-order chi connectivity index (χ1) is 15.4. The number of benzene rings is 2. The highest BCUT2D eigenvalue weighted by Crippen LogP contribution is 2.35. The van der Waals surface area contributed by atoms with E-state index < -0.39 is 21.8 Å². The van der Waals surface area contributed by atoms with Crippen LogP contribution in [0.25, 0.3) is 0 Å². The molecule has 0 saturated carbocycles. The van der Waals surface area contributed by atoms with E-state index in [1.807, 2.05) is 0 Å². The minimum Gasteiger partial charge on any atom is -0.497 e. The minimum atomic E-state index is -3.69. The van der Waals surface area contributed by atoms with E-state index in [1.165, 1.54) is 11.4 Å². The first-order valence-corrected chi connectivity index (χ1v) is 12.2. The fourth-order valence-electron chi connectivity index (χ4n) is 3.44. The maximum Gasteiger partial charge on any atom is 0.314 e. The second-order valence-electron chi connectivity index (χ2n) is 7.09. The molecule has 0 bridgehead atoms. The van der Waals surface area contributed by atoms with E-state index in [0.717, 1.165) is 23.3 Å². The Bertz CT molecular complexity index is 1240. The van der Waals surface area contributed by atoms with Crippen molar-refractivity contribution in [1.29, 1.82) is 0 Å². The number of rotatable bonds is 5. The minimum absolute atomic E-state index is 0.263. The summed E-state index contributed by atoms with van der Waals surface area (Å²) in [7, 11) is -2.16. The molecule has 8 nitrogen and oxygen atoms in total. The SMILES string of the molecule is COc1ccc(NC(=O)C(=O)Nc2ccc3c(c2)N(S(=O)(=O)c2cccs2)CCC3)cc1. The summed E-state index contributed by atoms with van der Waals surface area (Å²) >= 11 is 1.16. The van der Waals surface area contributed by atoms with Gasteiger partial charge in [-0.25, -0.2) is 8.42 Å². The Balaban J connectivity index is 1.51. The van der Waals surface area contributed by atoms with Crippen LogP contribution in [0.4, 0.5) is 17.1 Å². The Hall–Kier alpha value is -3.37. The fraction of sp³-hybridized carbons (Fsp3) is 0.182. The Morgan fingerprint density at radius 3 is 2.34 bits per heavy atom. The Morgan fingerprint density at radius 2 is 1.69 bits per heavy atom. The molecule has 0 radical (unpaired) electrons. The number of hydrogen-bond donors (Lipinski definition) is 2. The van der Waals surface area contributed by atoms with E-state index in [4.69, 9.17) is 4.74 Å². The van der Waals surface area contributed by atoms with Crippen LogP contribution in [0.3, 0.4) is 0 Å². The van der Waals surface area contributed by atoms with Crippen LogP contribution in [0.5, 0.6) is 5.75 Å². The van der Waals surface area contributed by atoms with E-state index in [9.17, 15) is 18.0 Å². The summed E-state index contributed by atoms with van der Waals surface area (Å²) in [6.07, 6.45) is 1.44. The summed E-state index contributed by atoms with van der Waals surface area (Å²) in [4.78, 5) is 24.7. The Morgan fingerprint density at radius 1 is 1.00 bits per heavy atom. The molecule has 2 amide bonds. The van der Waals surface area contributed by atoms with Crippen LogP contribution in [0.2, 0.25) is 0 Å². The number of sulfonamides is 1. The first kappa shape index (κ1) is 21.8. The van der Waals surface area contributed by atoms with Crippen molar-refractivity contribution in [2.24, 2.45) is 0 Å². The van der Waals surface area contributed by atoms with E-state index in [1.54, 1.807) is 60.0 Å². The van der Waals surface area contributed by atoms with Gasteiger partial charge in [-0.3, -0.25) is 13.9 Å². The van der Waals surface area contributed by atoms with Gasteiger partial charge in [0.2, 0.25) is 0 Å². The van der Waals surface area contributed by atoms with E-state index in [0.29, 0.717) is 35.8 Å². The predicted molar refractivity (Wildman–Crippen MR) is 124 cm³/mol. The largest absolute Gasteiger partial charge is 0.497 e. The molecular formula is C22H21N3O5S2. The van der Waals surface area contributed by atoms with Gasteiger partial charge in [-0.1, -0.05) is 12.1 Å². The van der Waals surface area contributed by atoms with Crippen molar-refractivity contribution in [1.82, 2.24) is 0 Å². The number of aryl methyl sites for hydroxylation is 1. The molecule has 10 heteroatoms. The molecule has 2 N–H and O–H groups in total. The molecule has 0 saturated heterocycles. The lowest BCUT2D eigenvalue weighted by Crippen LogP contribution is -2.35. The van der Waals surface area contributed by atoms with E-state index in [-0.39, 0.29) is 4.21 Å². The maximum atomic E-state index is 13.1. The zero-order chi connectivity index (χ0) is 22.7. The normalized spacial score (nSPS) is 13.2. The van der Waals surface area contributed by atoms with Gasteiger partial charge >= 0.3 is 11.8 Å². The second-order valence-corrected chi connectivity index (χ2v) is 10.1. The van der Waals surface area contributed by atoms with Crippen molar-refractivity contribution in [3.63, 3.8) is 0 Å². The van der Waals surface area contributed by atoms with Crippen LogP contribution < -0.4 is 19.7 Å². The summed E-state index contributed by atoms with van der Waals surface area (Å²) in [6.45, 7) is 0.350. The van der Waals surface area contributed by atoms with E-state index >= 15 is 0 Å². The highest BCUT2D eigenvalue weighted by molar-refractivity contribution is 7.94. The summed E-state index contributed by atoms with van der Waals surface area (Å²) in [5, 5.41) is 6.78. The van der Waals surface area contributed by atoms with Crippen molar-refractivity contribution in [3.05, 3.63) is 65.5 Å². The molecule has 2 aromatic carbocycles. The lowest BCUT2D eigenvalue weighted by atomic mass is 10.0. The number of methoxy groups -OCH3 is 1. The Kier molecular flexibility index (Phi) is 6.15. The molecule has 1 aliphatic rings. The highest BCUT2D eigenvalue weighted by Gasteiger charge is 2.30. The number of fused-ring (bicyclic) bond motifs is 1. The zero-order valence-corrected chi connectivity index (χ0v) is 18.8. The van der Waals surface area contributed by atoms with Gasteiger partial charge < -0.3 is 15.4 Å². The Labute approximate surface area is 189 Å². The number of thiophene rings is 1. The molecule has 2 heterocycles. The number of carbonyl (C=O) groups is 2. The van der Waals surface area contributed by atoms with Crippen molar-refractivity contribution < 1.29 is 22.7 Å². The first-order valence-electron chi connectivity index (χ1n) is 9.84. The van der Waals surface area contributed by atoms with Gasteiger partial charge in [-0.2, -0.15) is 0 Å². The average Bonchev–Trinajstić information content (AvgIpc) is 3.35. The van der Waals surface area contributed by atoms with Gasteiger partial charge in [-0.05, 0) is 66.2 Å². The lowest BCUT2D eigenvalue weighted by Gasteiger charge is -2.30. The number of nitrogens with one attached hydrogen (secondary N) is 2. The monoisotopic (exact) mass is 471 g/mol. The fourth-order valence-corrected chi connectivity index (χ4v) is 6.07.